The molecule has 1 saturated heterocycles. The van der Waals surface area contributed by atoms with Gasteiger partial charge in [-0.15, -0.1) is 0 Å². The molecule has 2 aliphatic heterocycles. The summed E-state index contributed by atoms with van der Waals surface area (Å²) in [6.07, 6.45) is -2.36. The van der Waals surface area contributed by atoms with E-state index in [0.717, 1.165) is 11.6 Å². The fourth-order valence-electron chi connectivity index (χ4n) is 4.44. The number of carboxylic acid groups (broad SMARTS) is 1. The number of nitrogens with zero attached hydrogens (tertiary/aromatic N) is 1. The lowest BCUT2D eigenvalue weighted by molar-refractivity contribution is -0.142. The third kappa shape index (κ3) is 7.18. The highest BCUT2D eigenvalue weighted by Gasteiger charge is 2.38. The van der Waals surface area contributed by atoms with Crippen LogP contribution in [0.2, 0.25) is 6.32 Å². The summed E-state index contributed by atoms with van der Waals surface area (Å²) in [5.74, 6) is -1.38. The average Bonchev–Trinajstić information content (AvgIpc) is 3.11. The van der Waals surface area contributed by atoms with E-state index in [1.165, 1.54) is 13.1 Å². The zero-order valence-electron chi connectivity index (χ0n) is 17.6. The zero-order valence-corrected chi connectivity index (χ0v) is 17.6. The van der Waals surface area contributed by atoms with E-state index in [2.05, 4.69) is 16.0 Å². The molecule has 0 spiro atoms. The standard InChI is InChI=1S/C19H26BF3N2O4.CH5N/c21-19(22,23)15-4-3-12-7-16(24-8-14(12)6-15)10-25-9-13(2-1-5-20(28)29)17(11-25)18(26)27;1-2/h3-4,6,13,16-17,24,28-29H,1-2,5,7-11H2,(H,26,27);2H2,1H3. The van der Waals surface area contributed by atoms with Crippen LogP contribution in [-0.4, -0.2) is 65.9 Å². The van der Waals surface area contributed by atoms with Gasteiger partial charge in [-0.2, -0.15) is 13.2 Å². The van der Waals surface area contributed by atoms with Crippen molar-refractivity contribution in [3.63, 3.8) is 0 Å². The van der Waals surface area contributed by atoms with E-state index in [4.69, 9.17) is 10.0 Å². The fourth-order valence-corrected chi connectivity index (χ4v) is 4.44. The lowest BCUT2D eigenvalue weighted by Gasteiger charge is -2.30. The molecular formula is C20H31BF3N3O4. The van der Waals surface area contributed by atoms with E-state index in [1.54, 1.807) is 6.07 Å². The number of fused-ring (bicyclic) bond motifs is 1. The van der Waals surface area contributed by atoms with Crippen molar-refractivity contribution in [3.8, 4) is 0 Å². The van der Waals surface area contributed by atoms with Crippen LogP contribution >= 0.6 is 0 Å². The Balaban J connectivity index is 0.00000166. The maximum absolute atomic E-state index is 12.9. The van der Waals surface area contributed by atoms with Crippen molar-refractivity contribution >= 4 is 13.1 Å². The van der Waals surface area contributed by atoms with Crippen molar-refractivity contribution in [2.75, 3.05) is 26.7 Å². The normalized spacial score (nSPS) is 23.6. The maximum Gasteiger partial charge on any atom is 0.451 e. The van der Waals surface area contributed by atoms with Gasteiger partial charge in [-0.25, -0.2) is 0 Å². The van der Waals surface area contributed by atoms with Crippen LogP contribution < -0.4 is 11.1 Å². The molecule has 6 N–H and O–H groups in total. The summed E-state index contributed by atoms with van der Waals surface area (Å²) in [6.45, 7) is 2.04. The average molecular weight is 445 g/mol. The summed E-state index contributed by atoms with van der Waals surface area (Å²) in [7, 11) is 0.125. The molecule has 0 aliphatic carbocycles. The second kappa shape index (κ2) is 11.3. The predicted octanol–water partition coefficient (Wildman–Crippen LogP) is 1.18. The number of likely N-dealkylation sites (tertiary alicyclic amines) is 1. The zero-order chi connectivity index (χ0) is 23.2. The van der Waals surface area contributed by atoms with Gasteiger partial charge in [0.1, 0.15) is 0 Å². The van der Waals surface area contributed by atoms with Crippen molar-refractivity contribution in [2.45, 2.75) is 44.3 Å². The topological polar surface area (TPSA) is 119 Å². The number of alkyl halides is 3. The molecule has 0 radical (unpaired) electrons. The third-order valence-corrected chi connectivity index (χ3v) is 5.93. The van der Waals surface area contributed by atoms with Crippen LogP contribution in [0.3, 0.4) is 0 Å². The summed E-state index contributed by atoms with van der Waals surface area (Å²) >= 11 is 0. The van der Waals surface area contributed by atoms with Crippen LogP contribution in [0.15, 0.2) is 18.2 Å². The molecule has 1 fully saturated rings. The van der Waals surface area contributed by atoms with Crippen molar-refractivity contribution < 1.29 is 33.1 Å². The van der Waals surface area contributed by atoms with E-state index in [9.17, 15) is 23.1 Å². The molecule has 174 valence electrons. The smallest absolute Gasteiger partial charge is 0.451 e. The molecule has 0 aromatic heterocycles. The minimum Gasteiger partial charge on any atom is -0.481 e. The number of rotatable bonds is 7. The number of nitrogens with two attached hydrogens (primary N) is 1. The Labute approximate surface area is 180 Å². The lowest BCUT2D eigenvalue weighted by atomic mass is 9.80. The number of hydrogen-bond donors (Lipinski definition) is 5. The molecule has 1 aromatic carbocycles. The van der Waals surface area contributed by atoms with Crippen molar-refractivity contribution in [3.05, 3.63) is 34.9 Å². The van der Waals surface area contributed by atoms with Crippen molar-refractivity contribution in [2.24, 2.45) is 17.6 Å². The summed E-state index contributed by atoms with van der Waals surface area (Å²) < 4.78 is 38.6. The molecule has 1 aromatic rings. The largest absolute Gasteiger partial charge is 0.481 e. The van der Waals surface area contributed by atoms with Gasteiger partial charge >= 0.3 is 19.3 Å². The Morgan fingerprint density at radius 2 is 1.97 bits per heavy atom. The van der Waals surface area contributed by atoms with Gasteiger partial charge in [-0.05, 0) is 55.4 Å². The number of halogens is 3. The maximum atomic E-state index is 12.9. The first kappa shape index (κ1) is 25.6. The van der Waals surface area contributed by atoms with E-state index in [1.807, 2.05) is 0 Å². The Bertz CT molecular complexity index is 736. The van der Waals surface area contributed by atoms with Crippen LogP contribution in [0.25, 0.3) is 0 Å². The first-order chi connectivity index (χ1) is 14.6. The Hall–Kier alpha value is -1.66. The Morgan fingerprint density at radius 3 is 2.58 bits per heavy atom. The number of aliphatic carboxylic acids is 1. The highest BCUT2D eigenvalue weighted by Crippen LogP contribution is 2.32. The number of carboxylic acids is 1. The van der Waals surface area contributed by atoms with Crippen molar-refractivity contribution in [1.82, 2.24) is 10.2 Å². The van der Waals surface area contributed by atoms with Crippen LogP contribution in [0.4, 0.5) is 13.2 Å². The predicted molar refractivity (Wildman–Crippen MR) is 111 cm³/mol. The van der Waals surface area contributed by atoms with Gasteiger partial charge < -0.3 is 31.1 Å². The molecule has 11 heteroatoms. The number of hydrogen-bond acceptors (Lipinski definition) is 6. The Morgan fingerprint density at radius 1 is 1.26 bits per heavy atom. The third-order valence-electron chi connectivity index (χ3n) is 5.93. The minimum atomic E-state index is -4.35. The van der Waals surface area contributed by atoms with Crippen molar-refractivity contribution in [1.29, 1.82) is 0 Å². The quantitative estimate of drug-likeness (QED) is 0.400. The van der Waals surface area contributed by atoms with Gasteiger partial charge in [0.05, 0.1) is 11.5 Å². The van der Waals surface area contributed by atoms with E-state index < -0.39 is 30.7 Å². The van der Waals surface area contributed by atoms with E-state index >= 15 is 0 Å². The number of nitrogens with one attached hydrogen (secondary N) is 1. The first-order valence-corrected chi connectivity index (χ1v) is 10.4. The molecule has 3 unspecified atom stereocenters. The summed E-state index contributed by atoms with van der Waals surface area (Å²) in [5, 5.41) is 30.7. The van der Waals surface area contributed by atoms with Crippen LogP contribution in [0.5, 0.6) is 0 Å². The molecular weight excluding hydrogens is 414 g/mol. The SMILES string of the molecule is CN.O=C(O)C1CN(CC2Cc3ccc(C(F)(F)F)cc3CN2)CC1CCCB(O)O. The van der Waals surface area contributed by atoms with Gasteiger partial charge in [0.2, 0.25) is 0 Å². The van der Waals surface area contributed by atoms with E-state index in [0.29, 0.717) is 51.0 Å². The Kier molecular flexibility index (Phi) is 9.32. The molecule has 0 saturated carbocycles. The van der Waals surface area contributed by atoms with Crippen LogP contribution in [0.1, 0.15) is 29.5 Å². The molecule has 7 nitrogen and oxygen atoms in total. The summed E-state index contributed by atoms with van der Waals surface area (Å²) in [5.41, 5.74) is 5.40. The summed E-state index contributed by atoms with van der Waals surface area (Å²) in [6, 6.07) is 3.90. The fraction of sp³-hybridized carbons (Fsp3) is 0.650. The number of benzene rings is 1. The lowest BCUT2D eigenvalue weighted by Crippen LogP contribution is -2.44. The highest BCUT2D eigenvalue weighted by atomic mass is 19.4. The molecule has 3 atom stereocenters. The van der Waals surface area contributed by atoms with Gasteiger partial charge in [0.15, 0.2) is 0 Å². The van der Waals surface area contributed by atoms with Crippen LogP contribution in [-0.2, 0) is 23.9 Å². The molecule has 0 bridgehead atoms. The minimum absolute atomic E-state index is 0.0449. The van der Waals surface area contributed by atoms with Gasteiger partial charge in [0.25, 0.3) is 0 Å². The monoisotopic (exact) mass is 445 g/mol. The second-order valence-electron chi connectivity index (χ2n) is 8.10. The highest BCUT2D eigenvalue weighted by molar-refractivity contribution is 6.40. The molecule has 2 heterocycles. The van der Waals surface area contributed by atoms with Crippen LogP contribution in [0, 0.1) is 11.8 Å². The summed E-state index contributed by atoms with van der Waals surface area (Å²) in [4.78, 5) is 13.7. The van der Waals surface area contributed by atoms with Gasteiger partial charge in [0, 0.05) is 32.2 Å². The molecule has 3 rings (SSSR count). The van der Waals surface area contributed by atoms with E-state index in [-0.39, 0.29) is 18.3 Å². The van der Waals surface area contributed by atoms with Gasteiger partial charge in [-0.1, -0.05) is 12.5 Å². The second-order valence-corrected chi connectivity index (χ2v) is 8.10. The molecule has 31 heavy (non-hydrogen) atoms. The number of carbonyl (C=O) groups is 1. The molecule has 0 amide bonds. The molecule has 2 aliphatic rings. The first-order valence-electron chi connectivity index (χ1n) is 10.4. The van der Waals surface area contributed by atoms with Gasteiger partial charge in [-0.3, -0.25) is 4.79 Å².